The van der Waals surface area contributed by atoms with Crippen LogP contribution >= 0.6 is 11.3 Å². The summed E-state index contributed by atoms with van der Waals surface area (Å²) in [6, 6.07) is 14.1. The fourth-order valence-corrected chi connectivity index (χ4v) is 9.01. The molecule has 15 nitrogen and oxygen atoms in total. The maximum Gasteiger partial charge on any atom is 0.234 e. The van der Waals surface area contributed by atoms with E-state index >= 15 is 0 Å². The fourth-order valence-electron chi connectivity index (χ4n) is 8.09. The molecule has 0 radical (unpaired) electrons. The summed E-state index contributed by atoms with van der Waals surface area (Å²) >= 11 is 1.60. The van der Waals surface area contributed by atoms with Crippen molar-refractivity contribution in [3.05, 3.63) is 66.1 Å². The van der Waals surface area contributed by atoms with E-state index in [2.05, 4.69) is 52.8 Å². The van der Waals surface area contributed by atoms with Gasteiger partial charge in [0.15, 0.2) is 5.01 Å². The predicted molar refractivity (Wildman–Crippen MR) is 208 cm³/mol. The number of amides is 2. The van der Waals surface area contributed by atoms with Crippen molar-refractivity contribution in [1.29, 1.82) is 5.26 Å². The summed E-state index contributed by atoms with van der Waals surface area (Å²) in [5.41, 5.74) is 5.67. The summed E-state index contributed by atoms with van der Waals surface area (Å²) in [7, 11) is 0. The van der Waals surface area contributed by atoms with Crippen molar-refractivity contribution in [2.75, 3.05) is 74.1 Å². The van der Waals surface area contributed by atoms with Crippen molar-refractivity contribution in [1.82, 2.24) is 40.0 Å². The van der Waals surface area contributed by atoms with Crippen molar-refractivity contribution in [3.63, 3.8) is 0 Å². The van der Waals surface area contributed by atoms with Crippen molar-refractivity contribution >= 4 is 45.3 Å². The van der Waals surface area contributed by atoms with Crippen LogP contribution in [0.2, 0.25) is 0 Å². The predicted octanol–water partition coefficient (Wildman–Crippen LogP) is 3.94. The Kier molecular flexibility index (Phi) is 9.81. The zero-order valence-electron chi connectivity index (χ0n) is 30.4. The van der Waals surface area contributed by atoms with E-state index in [1.807, 2.05) is 41.0 Å². The number of aromatic nitrogens is 6. The van der Waals surface area contributed by atoms with Gasteiger partial charge in [-0.2, -0.15) is 10.4 Å². The minimum Gasteiger partial charge on any atom is -0.379 e. The van der Waals surface area contributed by atoms with Crippen LogP contribution in [0.25, 0.3) is 27.5 Å². The van der Waals surface area contributed by atoms with Gasteiger partial charge in [0.2, 0.25) is 16.9 Å². The van der Waals surface area contributed by atoms with E-state index in [0.29, 0.717) is 30.9 Å². The SMILES string of the molecule is N#Cc1cnn2c(-c3cc(N[C@H]4CCOC4)c(-c4nnc(N5CCN(CC6CCN(c7ccc([C@@H]8CCC(=O)NC8=O)cn7)CC6)CC5)s4)cn3)ccc2c1. The Morgan fingerprint density at radius 3 is 2.56 bits per heavy atom. The molecule has 0 spiro atoms. The Labute approximate surface area is 322 Å². The molecule has 4 aliphatic rings. The van der Waals surface area contributed by atoms with Gasteiger partial charge < -0.3 is 19.9 Å². The molecule has 282 valence electrons. The molecular weight excluding hydrogens is 717 g/mol. The van der Waals surface area contributed by atoms with Crippen LogP contribution in [0.3, 0.4) is 0 Å². The molecule has 4 saturated heterocycles. The van der Waals surface area contributed by atoms with E-state index in [1.165, 1.54) is 0 Å². The molecule has 16 heteroatoms. The van der Waals surface area contributed by atoms with Crippen LogP contribution in [-0.2, 0) is 14.3 Å². The maximum absolute atomic E-state index is 12.3. The van der Waals surface area contributed by atoms with Gasteiger partial charge in [0.25, 0.3) is 0 Å². The third-order valence-electron chi connectivity index (χ3n) is 11.2. The van der Waals surface area contributed by atoms with E-state index in [4.69, 9.17) is 14.7 Å². The molecule has 0 bridgehead atoms. The first kappa shape index (κ1) is 35.2. The lowest BCUT2D eigenvalue weighted by atomic mass is 9.91. The third kappa shape index (κ3) is 7.47. The van der Waals surface area contributed by atoms with Gasteiger partial charge in [0.1, 0.15) is 11.9 Å². The minimum atomic E-state index is -0.306. The number of piperazine rings is 1. The number of hydrogen-bond donors (Lipinski definition) is 2. The fraction of sp³-hybridized carbons (Fsp3) is 0.436. The molecule has 0 unspecified atom stereocenters. The van der Waals surface area contributed by atoms with Crippen molar-refractivity contribution in [2.45, 2.75) is 44.1 Å². The molecule has 0 saturated carbocycles. The number of rotatable bonds is 9. The largest absolute Gasteiger partial charge is 0.379 e. The number of piperidine rings is 2. The summed E-state index contributed by atoms with van der Waals surface area (Å²) in [5, 5.41) is 31.0. The monoisotopic (exact) mass is 758 g/mol. The second kappa shape index (κ2) is 15.3. The average molecular weight is 759 g/mol. The summed E-state index contributed by atoms with van der Waals surface area (Å²) in [4.78, 5) is 40.6. The highest BCUT2D eigenvalue weighted by Crippen LogP contribution is 2.37. The van der Waals surface area contributed by atoms with Crippen LogP contribution in [-0.4, -0.2) is 112 Å². The highest BCUT2D eigenvalue weighted by atomic mass is 32.1. The van der Waals surface area contributed by atoms with E-state index in [1.54, 1.807) is 23.7 Å². The van der Waals surface area contributed by atoms with Crippen LogP contribution in [0.4, 0.5) is 16.6 Å². The van der Waals surface area contributed by atoms with Gasteiger partial charge in [-0.15, -0.1) is 10.2 Å². The minimum absolute atomic E-state index is 0.192. The first-order chi connectivity index (χ1) is 27.0. The van der Waals surface area contributed by atoms with Crippen LogP contribution in [0.15, 0.2) is 55.0 Å². The Hall–Kier alpha value is -5.50. The maximum atomic E-state index is 12.3. The molecule has 2 atom stereocenters. The highest BCUT2D eigenvalue weighted by molar-refractivity contribution is 7.18. The zero-order chi connectivity index (χ0) is 37.3. The van der Waals surface area contributed by atoms with E-state index in [9.17, 15) is 14.9 Å². The first-order valence-electron chi connectivity index (χ1n) is 19.1. The quantitative estimate of drug-likeness (QED) is 0.208. The number of nitriles is 1. The first-order valence-corrected chi connectivity index (χ1v) is 19.9. The standard InChI is InChI=1S/C39H42N12O3S/c40-19-26-17-29-2-4-34(51(29)43-20-26)33-18-32(44-28-9-16-54-24-28)31(22-41-33)38-46-47-39(55-38)50-14-12-48(13-15-50)23-25-7-10-49(11-8-25)35-5-1-27(21-42-35)30-3-6-36(52)45-37(30)53/h1-2,4-5,17-18,20-22,25,28,30H,3,6-16,23-24H2,(H,41,44)(H,45,52,53)/t28-,30-/m0/s1. The normalized spacial score (nSPS) is 21.2. The van der Waals surface area contributed by atoms with Crippen LogP contribution in [0, 0.1) is 17.2 Å². The number of hydrogen-bond acceptors (Lipinski definition) is 14. The van der Waals surface area contributed by atoms with Crippen LogP contribution < -0.4 is 20.4 Å². The van der Waals surface area contributed by atoms with Gasteiger partial charge in [-0.3, -0.25) is 24.8 Å². The Bertz CT molecular complexity index is 2230. The van der Waals surface area contributed by atoms with Gasteiger partial charge in [0, 0.05) is 76.9 Å². The van der Waals surface area contributed by atoms with E-state index in [0.717, 1.165) is 121 Å². The van der Waals surface area contributed by atoms with Crippen molar-refractivity contribution < 1.29 is 14.3 Å². The molecule has 0 aromatic carbocycles. The molecule has 55 heavy (non-hydrogen) atoms. The topological polar surface area (TPSA) is 170 Å². The third-order valence-corrected chi connectivity index (χ3v) is 12.3. The number of nitrogens with zero attached hydrogens (tertiary/aromatic N) is 10. The number of ether oxygens (including phenoxy) is 1. The lowest BCUT2D eigenvalue weighted by Gasteiger charge is -2.39. The van der Waals surface area contributed by atoms with Gasteiger partial charge in [0.05, 0.1) is 52.8 Å². The lowest BCUT2D eigenvalue weighted by Crippen LogP contribution is -2.49. The molecular formula is C39H42N12O3S. The molecule has 5 aromatic heterocycles. The zero-order valence-corrected chi connectivity index (χ0v) is 31.2. The Morgan fingerprint density at radius 2 is 1.80 bits per heavy atom. The number of fused-ring (bicyclic) bond motifs is 1. The number of anilines is 3. The van der Waals surface area contributed by atoms with Crippen LogP contribution in [0.5, 0.6) is 0 Å². The summed E-state index contributed by atoms with van der Waals surface area (Å²) < 4.78 is 7.48. The molecule has 2 amide bonds. The summed E-state index contributed by atoms with van der Waals surface area (Å²) in [5.74, 6) is 0.858. The van der Waals surface area contributed by atoms with Crippen molar-refractivity contribution in [2.24, 2.45) is 5.92 Å². The number of imide groups is 1. The van der Waals surface area contributed by atoms with Crippen molar-refractivity contribution in [3.8, 4) is 28.0 Å². The Balaban J connectivity index is 0.805. The second-order valence-electron chi connectivity index (χ2n) is 14.8. The second-order valence-corrected chi connectivity index (χ2v) is 15.7. The summed E-state index contributed by atoms with van der Waals surface area (Å²) in [6.45, 7) is 8.17. The molecule has 4 aliphatic heterocycles. The smallest absolute Gasteiger partial charge is 0.234 e. The van der Waals surface area contributed by atoms with Gasteiger partial charge in [-0.1, -0.05) is 17.4 Å². The number of carbonyl (C=O) groups excluding carboxylic acids is 2. The molecule has 5 aromatic rings. The average Bonchev–Trinajstić information content (AvgIpc) is 4.01. The number of carbonyl (C=O) groups is 2. The molecule has 9 rings (SSSR count). The lowest BCUT2D eigenvalue weighted by molar-refractivity contribution is -0.134. The van der Waals surface area contributed by atoms with E-state index < -0.39 is 0 Å². The molecule has 0 aliphatic carbocycles. The van der Waals surface area contributed by atoms with Gasteiger partial charge in [-0.25, -0.2) is 9.50 Å². The summed E-state index contributed by atoms with van der Waals surface area (Å²) in [6.07, 6.45) is 9.30. The Morgan fingerprint density at radius 1 is 0.927 bits per heavy atom. The van der Waals surface area contributed by atoms with E-state index in [-0.39, 0.29) is 23.8 Å². The molecule has 2 N–H and O–H groups in total. The molecule has 4 fully saturated rings. The molecule has 9 heterocycles. The van der Waals surface area contributed by atoms with Gasteiger partial charge >= 0.3 is 0 Å². The number of pyridine rings is 2. The van der Waals surface area contributed by atoms with Gasteiger partial charge in [-0.05, 0) is 67.5 Å². The number of nitrogens with one attached hydrogen (secondary N) is 2. The highest BCUT2D eigenvalue weighted by Gasteiger charge is 2.30. The van der Waals surface area contributed by atoms with Crippen LogP contribution in [0.1, 0.15) is 49.1 Å².